The number of hydrogen-bond donors (Lipinski definition) is 2. The summed E-state index contributed by atoms with van der Waals surface area (Å²) in [5, 5.41) is 18.4. The summed E-state index contributed by atoms with van der Waals surface area (Å²) in [5.74, 6) is -1.45. The molecular weight excluding hydrogens is 352 g/mol. The molecule has 0 amide bonds. The van der Waals surface area contributed by atoms with Crippen molar-refractivity contribution in [3.05, 3.63) is 34.4 Å². The summed E-state index contributed by atoms with van der Waals surface area (Å²) in [6, 6.07) is 4.42. The van der Waals surface area contributed by atoms with Crippen molar-refractivity contribution < 1.29 is 19.8 Å². The first kappa shape index (κ1) is 24.2. The van der Waals surface area contributed by atoms with Crippen molar-refractivity contribution in [2.45, 2.75) is 92.9 Å². The fourth-order valence-electron chi connectivity index (χ4n) is 3.45. The number of aliphatic carboxylic acids is 2. The smallest absolute Gasteiger partial charge is 0.309 e. The van der Waals surface area contributed by atoms with E-state index in [2.05, 4.69) is 26.0 Å². The lowest BCUT2D eigenvalue weighted by molar-refractivity contribution is -0.148. The Balaban J connectivity index is 2.54. The molecule has 0 fully saturated rings. The predicted molar refractivity (Wildman–Crippen MR) is 114 cm³/mol. The minimum absolute atomic E-state index is 0.649. The van der Waals surface area contributed by atoms with Crippen LogP contribution in [0, 0.1) is 24.7 Å². The molecule has 0 atom stereocenters. The maximum absolute atomic E-state index is 11.2. The van der Waals surface area contributed by atoms with Crippen LogP contribution in [-0.2, 0) is 22.4 Å². The fourth-order valence-corrected chi connectivity index (χ4v) is 3.45. The Kier molecular flexibility index (Phi) is 8.72. The van der Waals surface area contributed by atoms with Crippen LogP contribution in [0.4, 0.5) is 0 Å². The van der Waals surface area contributed by atoms with E-state index in [1.165, 1.54) is 22.3 Å². The highest BCUT2D eigenvalue weighted by Crippen LogP contribution is 2.27. The average molecular weight is 391 g/mol. The van der Waals surface area contributed by atoms with Crippen LogP contribution < -0.4 is 0 Å². The number of hydrogen-bond acceptors (Lipinski definition) is 2. The second kappa shape index (κ2) is 10.1. The lowest BCUT2D eigenvalue weighted by Crippen LogP contribution is -2.23. The van der Waals surface area contributed by atoms with Crippen LogP contribution in [0.3, 0.4) is 0 Å². The zero-order valence-electron chi connectivity index (χ0n) is 18.5. The molecule has 158 valence electrons. The molecule has 4 nitrogen and oxygen atoms in total. The molecule has 0 heterocycles. The van der Waals surface area contributed by atoms with E-state index < -0.39 is 22.8 Å². The van der Waals surface area contributed by atoms with Crippen LogP contribution in [0.2, 0.25) is 0 Å². The van der Waals surface area contributed by atoms with Crippen molar-refractivity contribution in [1.82, 2.24) is 0 Å². The maximum Gasteiger partial charge on any atom is 0.309 e. The topological polar surface area (TPSA) is 74.6 Å². The fraction of sp³-hybridized carbons (Fsp3) is 0.667. The third-order valence-corrected chi connectivity index (χ3v) is 6.17. The van der Waals surface area contributed by atoms with Gasteiger partial charge in [-0.25, -0.2) is 0 Å². The first-order valence-electron chi connectivity index (χ1n) is 10.4. The van der Waals surface area contributed by atoms with Crippen molar-refractivity contribution >= 4 is 11.9 Å². The molecular formula is C24H38O4. The molecule has 1 aromatic carbocycles. The Labute approximate surface area is 170 Å². The van der Waals surface area contributed by atoms with Gasteiger partial charge in [0.1, 0.15) is 0 Å². The van der Waals surface area contributed by atoms with Gasteiger partial charge >= 0.3 is 11.9 Å². The van der Waals surface area contributed by atoms with Gasteiger partial charge in [-0.2, -0.15) is 0 Å². The summed E-state index contributed by atoms with van der Waals surface area (Å²) >= 11 is 0. The molecule has 0 bridgehead atoms. The van der Waals surface area contributed by atoms with Crippen LogP contribution in [0.1, 0.15) is 88.5 Å². The molecule has 2 N–H and O–H groups in total. The van der Waals surface area contributed by atoms with Crippen molar-refractivity contribution in [1.29, 1.82) is 0 Å². The molecule has 0 aromatic heterocycles. The first-order chi connectivity index (χ1) is 12.9. The second-order valence-electron chi connectivity index (χ2n) is 9.43. The summed E-state index contributed by atoms with van der Waals surface area (Å²) in [7, 11) is 0. The van der Waals surface area contributed by atoms with Crippen molar-refractivity contribution in [3.63, 3.8) is 0 Å². The largest absolute Gasteiger partial charge is 0.481 e. The highest BCUT2D eigenvalue weighted by Gasteiger charge is 2.26. The van der Waals surface area contributed by atoms with Gasteiger partial charge in [-0.05, 0) is 102 Å². The quantitative estimate of drug-likeness (QED) is 0.432. The van der Waals surface area contributed by atoms with E-state index in [0.717, 1.165) is 38.5 Å². The Morgan fingerprint density at radius 3 is 1.32 bits per heavy atom. The minimum atomic E-state index is -0.726. The van der Waals surface area contributed by atoms with Gasteiger partial charge < -0.3 is 10.2 Å². The zero-order chi connectivity index (χ0) is 21.5. The van der Waals surface area contributed by atoms with Gasteiger partial charge in [-0.15, -0.1) is 0 Å². The Hall–Kier alpha value is -1.84. The number of rotatable bonds is 12. The molecule has 0 saturated heterocycles. The van der Waals surface area contributed by atoms with Gasteiger partial charge in [0.2, 0.25) is 0 Å². The van der Waals surface area contributed by atoms with Crippen LogP contribution in [0.5, 0.6) is 0 Å². The number of carboxylic acids is 2. The Morgan fingerprint density at radius 2 is 1.04 bits per heavy atom. The zero-order valence-corrected chi connectivity index (χ0v) is 18.5. The average Bonchev–Trinajstić information content (AvgIpc) is 2.60. The SMILES string of the molecule is Cc1c(CCCCC(C)(C)C(=O)O)ccc(CCCCC(C)(C)C(=O)O)c1C. The highest BCUT2D eigenvalue weighted by atomic mass is 16.4. The summed E-state index contributed by atoms with van der Waals surface area (Å²) < 4.78 is 0. The highest BCUT2D eigenvalue weighted by molar-refractivity contribution is 5.73. The standard InChI is InChI=1S/C24H38O4/c1-17-18(2)20(12-8-10-16-24(5,6)22(27)28)14-13-19(17)11-7-9-15-23(3,4)21(25)26/h13-14H,7-12,15-16H2,1-6H3,(H,25,26)(H,27,28). The normalized spacial score (nSPS) is 12.2. The van der Waals surface area contributed by atoms with Crippen LogP contribution in [0.25, 0.3) is 0 Å². The van der Waals surface area contributed by atoms with Gasteiger partial charge in [-0.3, -0.25) is 9.59 Å². The van der Waals surface area contributed by atoms with E-state index in [1.54, 1.807) is 27.7 Å². The molecule has 0 saturated carbocycles. The van der Waals surface area contributed by atoms with Crippen molar-refractivity contribution in [2.75, 3.05) is 0 Å². The Bertz CT molecular complexity index is 627. The first-order valence-corrected chi connectivity index (χ1v) is 10.4. The van der Waals surface area contributed by atoms with Crippen LogP contribution in [-0.4, -0.2) is 22.2 Å². The van der Waals surface area contributed by atoms with E-state index in [0.29, 0.717) is 12.8 Å². The molecule has 0 aliphatic carbocycles. The summed E-state index contributed by atoms with van der Waals surface area (Å²) in [6.45, 7) is 11.5. The molecule has 0 unspecified atom stereocenters. The third kappa shape index (κ3) is 6.96. The van der Waals surface area contributed by atoms with E-state index >= 15 is 0 Å². The van der Waals surface area contributed by atoms with Gasteiger partial charge in [0.15, 0.2) is 0 Å². The van der Waals surface area contributed by atoms with E-state index in [9.17, 15) is 19.8 Å². The van der Waals surface area contributed by atoms with Gasteiger partial charge in [0.05, 0.1) is 10.8 Å². The predicted octanol–water partition coefficient (Wildman–Crippen LogP) is 5.95. The van der Waals surface area contributed by atoms with Crippen LogP contribution in [0.15, 0.2) is 12.1 Å². The van der Waals surface area contributed by atoms with Gasteiger partial charge in [-0.1, -0.05) is 25.0 Å². The van der Waals surface area contributed by atoms with Gasteiger partial charge in [0.25, 0.3) is 0 Å². The number of unbranched alkanes of at least 4 members (excludes halogenated alkanes) is 2. The van der Waals surface area contributed by atoms with Gasteiger partial charge in [0, 0.05) is 0 Å². The molecule has 1 rings (SSSR count). The van der Waals surface area contributed by atoms with E-state index in [-0.39, 0.29) is 0 Å². The monoisotopic (exact) mass is 390 g/mol. The summed E-state index contributed by atoms with van der Waals surface area (Å²) in [4.78, 5) is 22.4. The molecule has 0 radical (unpaired) electrons. The van der Waals surface area contributed by atoms with E-state index in [1.807, 2.05) is 0 Å². The summed E-state index contributed by atoms with van der Waals surface area (Å²) in [5.41, 5.74) is 4.07. The molecule has 28 heavy (non-hydrogen) atoms. The van der Waals surface area contributed by atoms with E-state index in [4.69, 9.17) is 0 Å². The summed E-state index contributed by atoms with van der Waals surface area (Å²) in [6.07, 6.45) is 7.19. The lowest BCUT2D eigenvalue weighted by atomic mass is 9.85. The third-order valence-electron chi connectivity index (χ3n) is 6.17. The number of aryl methyl sites for hydroxylation is 2. The minimum Gasteiger partial charge on any atom is -0.481 e. The maximum atomic E-state index is 11.2. The number of benzene rings is 1. The Morgan fingerprint density at radius 1 is 0.714 bits per heavy atom. The van der Waals surface area contributed by atoms with Crippen molar-refractivity contribution in [2.24, 2.45) is 10.8 Å². The molecule has 1 aromatic rings. The van der Waals surface area contributed by atoms with Crippen LogP contribution >= 0.6 is 0 Å². The molecule has 4 heteroatoms. The lowest BCUT2D eigenvalue weighted by Gasteiger charge is -2.19. The number of carboxylic acid groups (broad SMARTS) is 2. The molecule has 0 aliphatic heterocycles. The van der Waals surface area contributed by atoms with Crippen molar-refractivity contribution in [3.8, 4) is 0 Å². The molecule has 0 aliphatic rings. The molecule has 0 spiro atoms. The second-order valence-corrected chi connectivity index (χ2v) is 9.43. The number of carbonyl (C=O) groups is 2.